The molecule has 5 heteroatoms. The minimum absolute atomic E-state index is 0.665. The summed E-state index contributed by atoms with van der Waals surface area (Å²) in [5.74, 6) is 0. The van der Waals surface area contributed by atoms with E-state index in [-0.39, 0.29) is 0 Å². The molecular weight excluding hydrogens is 262 g/mol. The second kappa shape index (κ2) is 4.74. The maximum absolute atomic E-state index is 9.21. The van der Waals surface area contributed by atoms with Gasteiger partial charge in [-0.1, -0.05) is 12.2 Å². The van der Waals surface area contributed by atoms with E-state index in [9.17, 15) is 5.26 Å². The molecule has 0 saturated heterocycles. The fraction of sp³-hybridized carbons (Fsp3) is 0.312. The van der Waals surface area contributed by atoms with Crippen LogP contribution in [0.25, 0.3) is 17.2 Å². The molecule has 2 aromatic heterocycles. The van der Waals surface area contributed by atoms with Gasteiger partial charge in [0.25, 0.3) is 0 Å². The van der Waals surface area contributed by atoms with E-state index in [0.29, 0.717) is 0 Å². The van der Waals surface area contributed by atoms with E-state index in [4.69, 9.17) is 0 Å². The molecule has 1 aliphatic rings. The zero-order valence-corrected chi connectivity index (χ0v) is 12.4. The maximum Gasteiger partial charge on any atom is 0.143 e. The lowest BCUT2D eigenvalue weighted by Crippen LogP contribution is -2.24. The number of rotatable bonds is 3. The average molecular weight is 279 g/mol. The predicted octanol–water partition coefficient (Wildman–Crippen LogP) is 2.81. The Hall–Kier alpha value is -2.61. The number of nitrogens with one attached hydrogen (secondary N) is 1. The van der Waals surface area contributed by atoms with Crippen molar-refractivity contribution in [2.75, 3.05) is 12.4 Å². The summed E-state index contributed by atoms with van der Waals surface area (Å²) < 4.78 is 1.69. The van der Waals surface area contributed by atoms with Gasteiger partial charge in [-0.2, -0.15) is 10.4 Å². The lowest BCUT2D eigenvalue weighted by Gasteiger charge is -2.15. The maximum atomic E-state index is 9.21. The SMILES string of the molecule is CNc1c(-c2cnn(C(C)(C)C#N)c2)cnc2c1C=CC2. The van der Waals surface area contributed by atoms with E-state index in [1.807, 2.05) is 33.3 Å². The monoisotopic (exact) mass is 279 g/mol. The molecule has 0 fully saturated rings. The minimum Gasteiger partial charge on any atom is -0.387 e. The summed E-state index contributed by atoms with van der Waals surface area (Å²) in [5, 5.41) is 16.8. The molecule has 2 heterocycles. The van der Waals surface area contributed by atoms with Gasteiger partial charge in [0.15, 0.2) is 0 Å². The zero-order chi connectivity index (χ0) is 15.0. The molecule has 0 unspecified atom stereocenters. The van der Waals surface area contributed by atoms with E-state index in [1.165, 1.54) is 0 Å². The number of hydrogen-bond acceptors (Lipinski definition) is 4. The van der Waals surface area contributed by atoms with E-state index in [1.54, 1.807) is 10.9 Å². The van der Waals surface area contributed by atoms with Crippen molar-refractivity contribution in [3.8, 4) is 17.2 Å². The number of aromatic nitrogens is 3. The van der Waals surface area contributed by atoms with Gasteiger partial charge in [-0.05, 0) is 13.8 Å². The first-order valence-electron chi connectivity index (χ1n) is 6.90. The lowest BCUT2D eigenvalue weighted by atomic mass is 10.0. The molecule has 0 spiro atoms. The summed E-state index contributed by atoms with van der Waals surface area (Å²) in [6.45, 7) is 3.68. The number of allylic oxidation sites excluding steroid dienone is 1. The fourth-order valence-corrected chi connectivity index (χ4v) is 2.50. The Kier molecular flexibility index (Phi) is 3.02. The Morgan fingerprint density at radius 2 is 2.19 bits per heavy atom. The Balaban J connectivity index is 2.10. The summed E-state index contributed by atoms with van der Waals surface area (Å²) in [5.41, 5.74) is 4.58. The standard InChI is InChI=1S/C16H17N5/c1-16(2,10-17)21-9-11(7-20-21)13-8-19-14-6-4-5-12(14)15(13)18-3/h4-5,7-9H,6H2,1-3H3,(H,18,19). The molecule has 0 atom stereocenters. The summed E-state index contributed by atoms with van der Waals surface area (Å²) in [4.78, 5) is 4.53. The van der Waals surface area contributed by atoms with Gasteiger partial charge in [-0.3, -0.25) is 9.67 Å². The van der Waals surface area contributed by atoms with E-state index >= 15 is 0 Å². The molecule has 1 N–H and O–H groups in total. The molecule has 0 aromatic carbocycles. The average Bonchev–Trinajstić information content (AvgIpc) is 3.14. The highest BCUT2D eigenvalue weighted by molar-refractivity contribution is 5.85. The Morgan fingerprint density at radius 3 is 2.90 bits per heavy atom. The first-order valence-corrected chi connectivity index (χ1v) is 6.90. The smallest absolute Gasteiger partial charge is 0.143 e. The fourth-order valence-electron chi connectivity index (χ4n) is 2.50. The molecule has 2 aromatic rings. The number of pyridine rings is 1. The van der Waals surface area contributed by atoms with Crippen LogP contribution < -0.4 is 5.32 Å². The molecule has 0 radical (unpaired) electrons. The highest BCUT2D eigenvalue weighted by Crippen LogP contribution is 2.35. The van der Waals surface area contributed by atoms with Crippen LogP contribution in [-0.2, 0) is 12.0 Å². The Morgan fingerprint density at radius 1 is 1.38 bits per heavy atom. The molecular formula is C16H17N5. The van der Waals surface area contributed by atoms with Crippen molar-refractivity contribution in [1.82, 2.24) is 14.8 Å². The number of hydrogen-bond donors (Lipinski definition) is 1. The van der Waals surface area contributed by atoms with Crippen LogP contribution in [-0.4, -0.2) is 21.8 Å². The van der Waals surface area contributed by atoms with Gasteiger partial charge in [-0.25, -0.2) is 0 Å². The summed E-state index contributed by atoms with van der Waals surface area (Å²) in [6, 6.07) is 2.25. The van der Waals surface area contributed by atoms with Gasteiger partial charge in [0.2, 0.25) is 0 Å². The van der Waals surface area contributed by atoms with Crippen LogP contribution in [0.1, 0.15) is 25.1 Å². The van der Waals surface area contributed by atoms with Gasteiger partial charge in [0.05, 0.1) is 23.6 Å². The number of nitrogens with zero attached hydrogens (tertiary/aromatic N) is 4. The number of fused-ring (bicyclic) bond motifs is 1. The van der Waals surface area contributed by atoms with Crippen LogP contribution in [0, 0.1) is 11.3 Å². The van der Waals surface area contributed by atoms with Gasteiger partial charge >= 0.3 is 0 Å². The largest absolute Gasteiger partial charge is 0.387 e. The molecule has 1 aliphatic carbocycles. The topological polar surface area (TPSA) is 66.5 Å². The van der Waals surface area contributed by atoms with Crippen molar-refractivity contribution in [2.45, 2.75) is 25.8 Å². The van der Waals surface area contributed by atoms with Crippen LogP contribution in [0.4, 0.5) is 5.69 Å². The van der Waals surface area contributed by atoms with Crippen LogP contribution in [0.5, 0.6) is 0 Å². The quantitative estimate of drug-likeness (QED) is 0.938. The van der Waals surface area contributed by atoms with Crippen molar-refractivity contribution in [2.24, 2.45) is 0 Å². The third-order valence-corrected chi connectivity index (χ3v) is 3.78. The summed E-state index contributed by atoms with van der Waals surface area (Å²) >= 11 is 0. The van der Waals surface area contributed by atoms with Crippen LogP contribution >= 0.6 is 0 Å². The van der Waals surface area contributed by atoms with Gasteiger partial charge in [0.1, 0.15) is 5.54 Å². The predicted molar refractivity (Wildman–Crippen MR) is 82.7 cm³/mol. The van der Waals surface area contributed by atoms with Crippen LogP contribution in [0.15, 0.2) is 24.7 Å². The minimum atomic E-state index is -0.665. The number of anilines is 1. The molecule has 0 amide bonds. The molecule has 21 heavy (non-hydrogen) atoms. The van der Waals surface area contributed by atoms with Crippen LogP contribution in [0.2, 0.25) is 0 Å². The second-order valence-corrected chi connectivity index (χ2v) is 5.61. The van der Waals surface area contributed by atoms with Crippen molar-refractivity contribution >= 4 is 11.8 Å². The van der Waals surface area contributed by atoms with Crippen LogP contribution in [0.3, 0.4) is 0 Å². The van der Waals surface area contributed by atoms with E-state index in [2.05, 4.69) is 33.6 Å². The normalized spacial score (nSPS) is 13.0. The van der Waals surface area contributed by atoms with Crippen molar-refractivity contribution in [3.05, 3.63) is 35.9 Å². The van der Waals surface area contributed by atoms with Crippen molar-refractivity contribution in [1.29, 1.82) is 5.26 Å². The first-order chi connectivity index (χ1) is 10.1. The molecule has 5 nitrogen and oxygen atoms in total. The van der Waals surface area contributed by atoms with Gasteiger partial charge in [0, 0.05) is 42.6 Å². The third-order valence-electron chi connectivity index (χ3n) is 3.78. The second-order valence-electron chi connectivity index (χ2n) is 5.61. The van der Waals surface area contributed by atoms with E-state index in [0.717, 1.165) is 34.5 Å². The Labute approximate surface area is 123 Å². The van der Waals surface area contributed by atoms with Gasteiger partial charge in [-0.15, -0.1) is 0 Å². The molecule has 3 rings (SSSR count). The third kappa shape index (κ3) is 2.09. The molecule has 0 aliphatic heterocycles. The number of nitriles is 1. The Bertz CT molecular complexity index is 761. The molecule has 106 valence electrons. The molecule has 0 saturated carbocycles. The highest BCUT2D eigenvalue weighted by Gasteiger charge is 2.22. The van der Waals surface area contributed by atoms with Gasteiger partial charge < -0.3 is 5.32 Å². The van der Waals surface area contributed by atoms with E-state index < -0.39 is 5.54 Å². The van der Waals surface area contributed by atoms with Crippen molar-refractivity contribution in [3.63, 3.8) is 0 Å². The first kappa shape index (κ1) is 13.4. The summed E-state index contributed by atoms with van der Waals surface area (Å²) in [7, 11) is 1.91. The zero-order valence-electron chi connectivity index (χ0n) is 12.4. The van der Waals surface area contributed by atoms with Crippen molar-refractivity contribution < 1.29 is 0 Å². The highest BCUT2D eigenvalue weighted by atomic mass is 15.3. The molecule has 0 bridgehead atoms. The lowest BCUT2D eigenvalue weighted by molar-refractivity contribution is 0.419. The summed E-state index contributed by atoms with van der Waals surface area (Å²) in [6.07, 6.45) is 10.6.